The number of primary sulfonamides is 1. The average molecular weight is 327 g/mol. The highest BCUT2D eigenvalue weighted by molar-refractivity contribution is 7.89. The number of hydrogen-bond acceptors (Lipinski definition) is 5. The fourth-order valence-corrected chi connectivity index (χ4v) is 3.52. The molecule has 0 heterocycles. The van der Waals surface area contributed by atoms with E-state index in [1.165, 1.54) is 31.4 Å². The molecule has 8 heteroatoms. The van der Waals surface area contributed by atoms with Gasteiger partial charge in [0.1, 0.15) is 4.90 Å². The van der Waals surface area contributed by atoms with Crippen LogP contribution in [0.5, 0.6) is 0 Å². The first-order valence-electron chi connectivity index (χ1n) is 7.46. The molecule has 1 aromatic carbocycles. The molecule has 0 spiro atoms. The lowest BCUT2D eigenvalue weighted by Crippen LogP contribution is -2.23. The summed E-state index contributed by atoms with van der Waals surface area (Å²) in [4.78, 5) is 9.97. The summed E-state index contributed by atoms with van der Waals surface area (Å²) in [5.74, 6) is 0. The van der Waals surface area contributed by atoms with Gasteiger partial charge < -0.3 is 5.32 Å². The van der Waals surface area contributed by atoms with Crippen molar-refractivity contribution in [3.05, 3.63) is 28.3 Å². The number of nitrogens with one attached hydrogen (secondary N) is 1. The zero-order valence-corrected chi connectivity index (χ0v) is 13.1. The normalized spacial score (nSPS) is 17.5. The Balaban J connectivity index is 2.27. The molecule has 22 heavy (non-hydrogen) atoms. The molecule has 0 radical (unpaired) electrons. The van der Waals surface area contributed by atoms with Gasteiger partial charge in [0.25, 0.3) is 5.69 Å². The summed E-state index contributed by atoms with van der Waals surface area (Å²) in [6.07, 6.45) is 7.71. The number of benzene rings is 1. The minimum absolute atomic E-state index is 0.169. The van der Waals surface area contributed by atoms with Crippen molar-refractivity contribution in [1.29, 1.82) is 0 Å². The van der Waals surface area contributed by atoms with Crippen LogP contribution in [0.2, 0.25) is 0 Å². The summed E-state index contributed by atoms with van der Waals surface area (Å²) >= 11 is 0. The van der Waals surface area contributed by atoms with Gasteiger partial charge in [0, 0.05) is 18.2 Å². The molecule has 0 aliphatic heterocycles. The Morgan fingerprint density at radius 3 is 2.27 bits per heavy atom. The predicted octanol–water partition coefficient (Wildman–Crippen LogP) is 2.77. The van der Waals surface area contributed by atoms with Gasteiger partial charge in [-0.25, -0.2) is 13.6 Å². The lowest BCUT2D eigenvalue weighted by atomic mass is 9.96. The Morgan fingerprint density at radius 1 is 1.14 bits per heavy atom. The van der Waals surface area contributed by atoms with Crippen molar-refractivity contribution in [3.63, 3.8) is 0 Å². The molecule has 0 atom stereocenters. The molecular formula is C14H21N3O4S. The average Bonchev–Trinajstić information content (AvgIpc) is 2.40. The van der Waals surface area contributed by atoms with Crippen molar-refractivity contribution in [2.24, 2.45) is 5.14 Å². The summed E-state index contributed by atoms with van der Waals surface area (Å²) in [7, 11) is -4.02. The van der Waals surface area contributed by atoms with E-state index in [9.17, 15) is 18.5 Å². The number of anilines is 1. The third-order valence-electron chi connectivity index (χ3n) is 3.95. The van der Waals surface area contributed by atoms with Gasteiger partial charge in [-0.3, -0.25) is 10.1 Å². The first-order chi connectivity index (χ1) is 10.4. The Hall–Kier alpha value is -1.67. The number of nitrogens with zero attached hydrogens (tertiary/aromatic N) is 1. The molecule has 122 valence electrons. The smallest absolute Gasteiger partial charge is 0.270 e. The number of sulfonamides is 1. The Bertz CT molecular complexity index is 637. The standard InChI is InChI=1S/C14H21N3O4S/c15-22(20,21)14-10-12(17(18)19)8-9-13(14)16-11-6-4-2-1-3-5-7-11/h8-11,16H,1-7H2,(H2,15,20,21). The van der Waals surface area contributed by atoms with Crippen LogP contribution in [0.1, 0.15) is 44.9 Å². The summed E-state index contributed by atoms with van der Waals surface area (Å²) < 4.78 is 23.4. The summed E-state index contributed by atoms with van der Waals surface area (Å²) in [6.45, 7) is 0. The predicted molar refractivity (Wildman–Crippen MR) is 84.2 cm³/mol. The van der Waals surface area contributed by atoms with Crippen LogP contribution < -0.4 is 10.5 Å². The quantitative estimate of drug-likeness (QED) is 0.651. The van der Waals surface area contributed by atoms with Gasteiger partial charge in [0.2, 0.25) is 10.0 Å². The van der Waals surface area contributed by atoms with E-state index in [0.717, 1.165) is 31.7 Å². The van der Waals surface area contributed by atoms with Gasteiger partial charge in [0.05, 0.1) is 10.6 Å². The molecule has 1 aromatic rings. The van der Waals surface area contributed by atoms with Gasteiger partial charge in [0.15, 0.2) is 0 Å². The van der Waals surface area contributed by atoms with E-state index in [1.807, 2.05) is 0 Å². The van der Waals surface area contributed by atoms with Crippen molar-refractivity contribution in [3.8, 4) is 0 Å². The zero-order valence-electron chi connectivity index (χ0n) is 12.3. The van der Waals surface area contributed by atoms with Crippen LogP contribution in [0, 0.1) is 10.1 Å². The van der Waals surface area contributed by atoms with Crippen LogP contribution >= 0.6 is 0 Å². The van der Waals surface area contributed by atoms with Gasteiger partial charge in [-0.05, 0) is 18.9 Å². The number of non-ortho nitro benzene ring substituents is 1. The molecule has 2 rings (SSSR count). The Labute approximate surface area is 130 Å². The maximum Gasteiger partial charge on any atom is 0.270 e. The van der Waals surface area contributed by atoms with E-state index < -0.39 is 14.9 Å². The van der Waals surface area contributed by atoms with Crippen LogP contribution in [-0.4, -0.2) is 19.4 Å². The summed E-state index contributed by atoms with van der Waals surface area (Å²) in [5, 5.41) is 19.2. The van der Waals surface area contributed by atoms with Crippen molar-refractivity contribution in [2.75, 3.05) is 5.32 Å². The minimum Gasteiger partial charge on any atom is -0.381 e. The van der Waals surface area contributed by atoms with E-state index in [-0.39, 0.29) is 16.6 Å². The highest BCUT2D eigenvalue weighted by atomic mass is 32.2. The molecule has 7 nitrogen and oxygen atoms in total. The third-order valence-corrected chi connectivity index (χ3v) is 4.90. The number of nitrogens with two attached hydrogens (primary N) is 1. The van der Waals surface area contributed by atoms with Crippen molar-refractivity contribution >= 4 is 21.4 Å². The van der Waals surface area contributed by atoms with E-state index in [4.69, 9.17) is 5.14 Å². The maximum absolute atomic E-state index is 11.7. The largest absolute Gasteiger partial charge is 0.381 e. The number of rotatable bonds is 4. The topological polar surface area (TPSA) is 115 Å². The van der Waals surface area contributed by atoms with Crippen LogP contribution in [0.25, 0.3) is 0 Å². The van der Waals surface area contributed by atoms with Crippen molar-refractivity contribution in [1.82, 2.24) is 0 Å². The second kappa shape index (κ2) is 7.06. The van der Waals surface area contributed by atoms with Crippen LogP contribution in [0.4, 0.5) is 11.4 Å². The van der Waals surface area contributed by atoms with Gasteiger partial charge in [-0.15, -0.1) is 0 Å². The number of hydrogen-bond donors (Lipinski definition) is 2. The lowest BCUT2D eigenvalue weighted by molar-refractivity contribution is -0.385. The lowest BCUT2D eigenvalue weighted by Gasteiger charge is -2.23. The third kappa shape index (κ3) is 4.41. The van der Waals surface area contributed by atoms with E-state index >= 15 is 0 Å². The maximum atomic E-state index is 11.7. The summed E-state index contributed by atoms with van der Waals surface area (Å²) in [6, 6.07) is 3.90. The summed E-state index contributed by atoms with van der Waals surface area (Å²) in [5.41, 5.74) is 0.0610. The van der Waals surface area contributed by atoms with E-state index in [1.54, 1.807) is 0 Å². The number of nitro benzene ring substituents is 1. The van der Waals surface area contributed by atoms with Crippen LogP contribution in [0.15, 0.2) is 23.1 Å². The molecule has 1 fully saturated rings. The molecule has 1 aliphatic carbocycles. The molecule has 0 aromatic heterocycles. The monoisotopic (exact) mass is 327 g/mol. The fraction of sp³-hybridized carbons (Fsp3) is 0.571. The first kappa shape index (κ1) is 16.7. The SMILES string of the molecule is NS(=O)(=O)c1cc([N+](=O)[O-])ccc1NC1CCCCCCC1. The molecular weight excluding hydrogens is 306 g/mol. The molecule has 1 aliphatic rings. The highest BCUT2D eigenvalue weighted by Crippen LogP contribution is 2.28. The van der Waals surface area contributed by atoms with Gasteiger partial charge >= 0.3 is 0 Å². The van der Waals surface area contributed by atoms with Crippen molar-refractivity contribution in [2.45, 2.75) is 55.9 Å². The molecule has 0 saturated heterocycles. The van der Waals surface area contributed by atoms with E-state index in [2.05, 4.69) is 5.32 Å². The second-order valence-electron chi connectivity index (χ2n) is 5.67. The second-order valence-corrected chi connectivity index (χ2v) is 7.20. The molecule has 0 unspecified atom stereocenters. The Kier molecular flexibility index (Phi) is 5.36. The van der Waals surface area contributed by atoms with E-state index in [0.29, 0.717) is 5.69 Å². The molecule has 1 saturated carbocycles. The first-order valence-corrected chi connectivity index (χ1v) is 9.00. The van der Waals surface area contributed by atoms with Gasteiger partial charge in [-0.1, -0.05) is 32.1 Å². The molecule has 3 N–H and O–H groups in total. The van der Waals surface area contributed by atoms with Gasteiger partial charge in [-0.2, -0.15) is 0 Å². The van der Waals surface area contributed by atoms with Crippen LogP contribution in [-0.2, 0) is 10.0 Å². The zero-order chi connectivity index (χ0) is 16.2. The minimum atomic E-state index is -4.02. The van der Waals surface area contributed by atoms with Crippen molar-refractivity contribution < 1.29 is 13.3 Å². The fourth-order valence-electron chi connectivity index (χ4n) is 2.80. The molecule has 0 bridgehead atoms. The molecule has 0 amide bonds. The highest BCUT2D eigenvalue weighted by Gasteiger charge is 2.21. The Morgan fingerprint density at radius 2 is 1.73 bits per heavy atom. The number of nitro groups is 1. The van der Waals surface area contributed by atoms with Crippen LogP contribution in [0.3, 0.4) is 0 Å².